The number of nitrogens with one attached hydrogen (secondary N) is 2. The third-order valence-corrected chi connectivity index (χ3v) is 4.35. The zero-order valence-electron chi connectivity index (χ0n) is 14.7. The molecule has 0 heterocycles. The van der Waals surface area contributed by atoms with Crippen LogP contribution >= 0.6 is 11.6 Å². The van der Waals surface area contributed by atoms with Gasteiger partial charge in [0.25, 0.3) is 5.91 Å². The van der Waals surface area contributed by atoms with Crippen molar-refractivity contribution in [1.82, 2.24) is 0 Å². The zero-order chi connectivity index (χ0) is 19.3. The van der Waals surface area contributed by atoms with E-state index in [-0.39, 0.29) is 23.2 Å². The Kier molecular flexibility index (Phi) is 6.50. The molecule has 0 bridgehead atoms. The molecule has 0 aromatic heterocycles. The molecule has 2 aromatic carbocycles. The van der Waals surface area contributed by atoms with Crippen molar-refractivity contribution in [2.75, 3.05) is 22.9 Å². The van der Waals surface area contributed by atoms with Gasteiger partial charge in [0.05, 0.1) is 17.0 Å². The summed E-state index contributed by atoms with van der Waals surface area (Å²) in [7, 11) is -3.43. The molecular weight excluding hydrogens is 376 g/mol. The van der Waals surface area contributed by atoms with Crippen molar-refractivity contribution in [2.45, 2.75) is 19.8 Å². The number of halogens is 1. The molecule has 2 rings (SSSR count). The highest BCUT2D eigenvalue weighted by molar-refractivity contribution is 7.92. The first kappa shape index (κ1) is 20.1. The third kappa shape index (κ3) is 6.24. The molecule has 26 heavy (non-hydrogen) atoms. The van der Waals surface area contributed by atoms with Crippen molar-refractivity contribution in [3.8, 4) is 5.75 Å². The van der Waals surface area contributed by atoms with Gasteiger partial charge in [-0.15, -0.1) is 0 Å². The number of hydrogen-bond acceptors (Lipinski definition) is 4. The fraction of sp³-hybridized carbons (Fsp3) is 0.278. The Morgan fingerprint density at radius 1 is 1.19 bits per heavy atom. The van der Waals surface area contributed by atoms with Gasteiger partial charge in [-0.05, 0) is 41.8 Å². The van der Waals surface area contributed by atoms with Crippen molar-refractivity contribution >= 4 is 38.9 Å². The van der Waals surface area contributed by atoms with Gasteiger partial charge < -0.3 is 10.1 Å². The minimum Gasteiger partial charge on any atom is -0.484 e. The molecule has 0 saturated carbocycles. The molecular formula is C18H21ClN2O4S. The fourth-order valence-electron chi connectivity index (χ4n) is 2.18. The van der Waals surface area contributed by atoms with Gasteiger partial charge in [-0.3, -0.25) is 9.52 Å². The smallest absolute Gasteiger partial charge is 0.262 e. The predicted molar refractivity (Wildman–Crippen MR) is 105 cm³/mol. The van der Waals surface area contributed by atoms with E-state index < -0.39 is 10.0 Å². The van der Waals surface area contributed by atoms with Crippen molar-refractivity contribution < 1.29 is 17.9 Å². The molecule has 0 aliphatic heterocycles. The van der Waals surface area contributed by atoms with E-state index >= 15 is 0 Å². The third-order valence-electron chi connectivity index (χ3n) is 3.44. The molecule has 8 heteroatoms. The number of sulfonamides is 1. The average molecular weight is 397 g/mol. The highest BCUT2D eigenvalue weighted by Gasteiger charge is 2.09. The molecule has 0 saturated heterocycles. The van der Waals surface area contributed by atoms with E-state index in [1.54, 1.807) is 12.1 Å². The maximum atomic E-state index is 12.0. The molecule has 0 spiro atoms. The fourth-order valence-corrected chi connectivity index (χ4v) is 3.05. The van der Waals surface area contributed by atoms with Crippen molar-refractivity contribution in [3.63, 3.8) is 0 Å². The normalized spacial score (nSPS) is 11.3. The lowest BCUT2D eigenvalue weighted by Crippen LogP contribution is -2.20. The number of ether oxygens (including phenoxy) is 1. The van der Waals surface area contributed by atoms with E-state index in [4.69, 9.17) is 16.3 Å². The highest BCUT2D eigenvalue weighted by atomic mass is 35.5. The Hall–Kier alpha value is -2.25. The van der Waals surface area contributed by atoms with Gasteiger partial charge >= 0.3 is 0 Å². The Bertz CT molecular complexity index is 898. The van der Waals surface area contributed by atoms with Gasteiger partial charge in [0.2, 0.25) is 10.0 Å². The maximum Gasteiger partial charge on any atom is 0.262 e. The molecule has 0 atom stereocenters. The summed E-state index contributed by atoms with van der Waals surface area (Å²) in [4.78, 5) is 12.0. The summed E-state index contributed by atoms with van der Waals surface area (Å²) in [5.74, 6) is 0.644. The molecule has 2 N–H and O–H groups in total. The summed E-state index contributed by atoms with van der Waals surface area (Å²) < 4.78 is 30.3. The Labute approximate surface area is 158 Å². The summed E-state index contributed by atoms with van der Waals surface area (Å²) in [5.41, 5.74) is 1.82. The van der Waals surface area contributed by atoms with Gasteiger partial charge in [0.1, 0.15) is 5.75 Å². The first-order valence-corrected chi connectivity index (χ1v) is 10.2. The van der Waals surface area contributed by atoms with E-state index in [2.05, 4.69) is 23.9 Å². The second kappa shape index (κ2) is 8.42. The van der Waals surface area contributed by atoms with E-state index in [1.807, 2.05) is 18.2 Å². The van der Waals surface area contributed by atoms with Crippen LogP contribution in [0.4, 0.5) is 11.4 Å². The molecule has 0 unspecified atom stereocenters. The molecule has 2 aromatic rings. The molecule has 0 fully saturated rings. The van der Waals surface area contributed by atoms with Crippen LogP contribution in [-0.4, -0.2) is 27.2 Å². The van der Waals surface area contributed by atoms with Crippen LogP contribution < -0.4 is 14.8 Å². The number of amides is 1. The van der Waals surface area contributed by atoms with Gasteiger partial charge in [0.15, 0.2) is 6.61 Å². The largest absolute Gasteiger partial charge is 0.484 e. The number of hydrogen-bond donors (Lipinski definition) is 2. The molecule has 0 radical (unpaired) electrons. The van der Waals surface area contributed by atoms with Crippen molar-refractivity contribution in [1.29, 1.82) is 0 Å². The summed E-state index contributed by atoms with van der Waals surface area (Å²) in [6, 6.07) is 12.1. The Balaban J connectivity index is 1.95. The Morgan fingerprint density at radius 3 is 2.54 bits per heavy atom. The predicted octanol–water partition coefficient (Wildman–Crippen LogP) is 3.85. The monoisotopic (exact) mass is 396 g/mol. The first-order valence-electron chi connectivity index (χ1n) is 7.94. The highest BCUT2D eigenvalue weighted by Crippen LogP contribution is 2.26. The van der Waals surface area contributed by atoms with Crippen LogP contribution in [0.25, 0.3) is 0 Å². The summed E-state index contributed by atoms with van der Waals surface area (Å²) in [6.45, 7) is 4.01. The number of benzene rings is 2. The topological polar surface area (TPSA) is 84.5 Å². The van der Waals surface area contributed by atoms with Gasteiger partial charge in [-0.25, -0.2) is 8.42 Å². The SMILES string of the molecule is CC(C)c1cccc(OCC(=O)Nc2ccc(NS(C)(=O)=O)c(Cl)c2)c1. The summed E-state index contributed by atoms with van der Waals surface area (Å²) in [5, 5.41) is 2.83. The van der Waals surface area contributed by atoms with Gasteiger partial charge in [-0.1, -0.05) is 37.6 Å². The van der Waals surface area contributed by atoms with Crippen LogP contribution in [0, 0.1) is 0 Å². The van der Waals surface area contributed by atoms with Crippen molar-refractivity contribution in [2.24, 2.45) is 0 Å². The first-order chi connectivity index (χ1) is 12.1. The number of carbonyl (C=O) groups excluding carboxylic acids is 1. The van der Waals surface area contributed by atoms with E-state index in [0.717, 1.165) is 11.8 Å². The number of carbonyl (C=O) groups is 1. The number of rotatable bonds is 7. The number of anilines is 2. The second-order valence-electron chi connectivity index (χ2n) is 6.13. The van der Waals surface area contributed by atoms with Gasteiger partial charge in [-0.2, -0.15) is 0 Å². The summed E-state index contributed by atoms with van der Waals surface area (Å²) in [6.07, 6.45) is 1.03. The van der Waals surface area contributed by atoms with Crippen LogP contribution in [0.5, 0.6) is 5.75 Å². The van der Waals surface area contributed by atoms with E-state index in [1.165, 1.54) is 12.1 Å². The minimum absolute atomic E-state index is 0.150. The molecule has 1 amide bonds. The molecule has 0 aliphatic carbocycles. The van der Waals surface area contributed by atoms with E-state index in [9.17, 15) is 13.2 Å². The molecule has 6 nitrogen and oxygen atoms in total. The van der Waals surface area contributed by atoms with Gasteiger partial charge in [0, 0.05) is 5.69 Å². The second-order valence-corrected chi connectivity index (χ2v) is 8.29. The summed E-state index contributed by atoms with van der Waals surface area (Å²) >= 11 is 6.03. The zero-order valence-corrected chi connectivity index (χ0v) is 16.3. The van der Waals surface area contributed by atoms with Crippen LogP contribution in [0.3, 0.4) is 0 Å². The van der Waals surface area contributed by atoms with Crippen LogP contribution in [0.15, 0.2) is 42.5 Å². The quantitative estimate of drug-likeness (QED) is 0.744. The average Bonchev–Trinajstić information content (AvgIpc) is 2.55. The lowest BCUT2D eigenvalue weighted by Gasteiger charge is -2.11. The lowest BCUT2D eigenvalue weighted by molar-refractivity contribution is -0.118. The molecule has 0 aliphatic rings. The molecule has 140 valence electrons. The maximum absolute atomic E-state index is 12.0. The van der Waals surface area contributed by atoms with Crippen LogP contribution in [0.2, 0.25) is 5.02 Å². The Morgan fingerprint density at radius 2 is 1.92 bits per heavy atom. The van der Waals surface area contributed by atoms with Crippen LogP contribution in [0.1, 0.15) is 25.3 Å². The minimum atomic E-state index is -3.43. The van der Waals surface area contributed by atoms with E-state index in [0.29, 0.717) is 17.4 Å². The van der Waals surface area contributed by atoms with Crippen molar-refractivity contribution in [3.05, 3.63) is 53.1 Å². The standard InChI is InChI=1S/C18H21ClN2O4S/c1-12(2)13-5-4-6-15(9-13)25-11-18(22)20-14-7-8-17(16(19)10-14)21-26(3,23)24/h4-10,12,21H,11H2,1-3H3,(H,20,22). The lowest BCUT2D eigenvalue weighted by atomic mass is 10.0. The van der Waals surface area contributed by atoms with Crippen LogP contribution in [-0.2, 0) is 14.8 Å².